The van der Waals surface area contributed by atoms with Crippen LogP contribution < -0.4 is 5.32 Å². The first-order valence-corrected chi connectivity index (χ1v) is 7.63. The van der Waals surface area contributed by atoms with Gasteiger partial charge >= 0.3 is 0 Å². The van der Waals surface area contributed by atoms with Crippen molar-refractivity contribution in [1.82, 2.24) is 10.3 Å². The largest absolute Gasteiger partial charge is 0.313 e. The monoisotopic (exact) mass is 266 g/mol. The molecule has 0 unspecified atom stereocenters. The summed E-state index contributed by atoms with van der Waals surface area (Å²) in [4.78, 5) is 3.83. The summed E-state index contributed by atoms with van der Waals surface area (Å²) in [5.41, 5.74) is 0.916. The SMILES string of the molecule is CCCCCCCCCCNCc1cncc(F)c1. The van der Waals surface area contributed by atoms with Crippen molar-refractivity contribution >= 4 is 0 Å². The number of hydrogen-bond acceptors (Lipinski definition) is 2. The fourth-order valence-corrected chi connectivity index (χ4v) is 2.17. The van der Waals surface area contributed by atoms with Crippen molar-refractivity contribution < 1.29 is 4.39 Å². The molecule has 19 heavy (non-hydrogen) atoms. The van der Waals surface area contributed by atoms with E-state index in [9.17, 15) is 4.39 Å². The lowest BCUT2D eigenvalue weighted by molar-refractivity contribution is 0.553. The molecule has 0 amide bonds. The van der Waals surface area contributed by atoms with Crippen LogP contribution in [0.15, 0.2) is 18.5 Å². The van der Waals surface area contributed by atoms with Crippen LogP contribution in [0.3, 0.4) is 0 Å². The molecule has 1 aromatic heterocycles. The third-order valence-electron chi connectivity index (χ3n) is 3.30. The van der Waals surface area contributed by atoms with E-state index in [4.69, 9.17) is 0 Å². The predicted octanol–water partition coefficient (Wildman–Crippen LogP) is 4.45. The van der Waals surface area contributed by atoms with Gasteiger partial charge in [0.15, 0.2) is 0 Å². The van der Waals surface area contributed by atoms with Gasteiger partial charge in [-0.25, -0.2) is 4.39 Å². The van der Waals surface area contributed by atoms with Crippen LogP contribution in [-0.4, -0.2) is 11.5 Å². The maximum Gasteiger partial charge on any atom is 0.141 e. The van der Waals surface area contributed by atoms with Crippen LogP contribution in [0.4, 0.5) is 4.39 Å². The van der Waals surface area contributed by atoms with Crippen LogP contribution in [0.2, 0.25) is 0 Å². The van der Waals surface area contributed by atoms with E-state index in [1.807, 2.05) is 0 Å². The molecule has 1 heterocycles. The van der Waals surface area contributed by atoms with Gasteiger partial charge in [-0.2, -0.15) is 0 Å². The van der Waals surface area contributed by atoms with Gasteiger partial charge in [0, 0.05) is 12.7 Å². The van der Waals surface area contributed by atoms with Gasteiger partial charge in [-0.1, -0.05) is 51.9 Å². The highest BCUT2D eigenvalue weighted by atomic mass is 19.1. The van der Waals surface area contributed by atoms with Crippen LogP contribution in [0.5, 0.6) is 0 Å². The quantitative estimate of drug-likeness (QED) is 0.598. The van der Waals surface area contributed by atoms with Gasteiger partial charge in [-0.3, -0.25) is 4.98 Å². The summed E-state index contributed by atoms with van der Waals surface area (Å²) in [7, 11) is 0. The summed E-state index contributed by atoms with van der Waals surface area (Å²) < 4.78 is 12.9. The number of pyridine rings is 1. The first-order valence-electron chi connectivity index (χ1n) is 7.63. The third kappa shape index (κ3) is 8.71. The van der Waals surface area contributed by atoms with E-state index in [1.54, 1.807) is 6.20 Å². The van der Waals surface area contributed by atoms with E-state index in [0.717, 1.165) is 12.1 Å². The molecule has 0 fully saturated rings. The molecule has 0 spiro atoms. The summed E-state index contributed by atoms with van der Waals surface area (Å²) in [6, 6.07) is 1.54. The maximum absolute atomic E-state index is 12.9. The van der Waals surface area contributed by atoms with E-state index >= 15 is 0 Å². The van der Waals surface area contributed by atoms with Crippen molar-refractivity contribution in [1.29, 1.82) is 0 Å². The number of nitrogens with one attached hydrogen (secondary N) is 1. The summed E-state index contributed by atoms with van der Waals surface area (Å²) in [5.74, 6) is -0.258. The zero-order valence-electron chi connectivity index (χ0n) is 12.1. The zero-order valence-corrected chi connectivity index (χ0v) is 12.1. The molecule has 0 aliphatic rings. The number of hydrogen-bond donors (Lipinski definition) is 1. The van der Waals surface area contributed by atoms with Crippen LogP contribution in [-0.2, 0) is 6.54 Å². The van der Waals surface area contributed by atoms with Crippen LogP contribution in [0, 0.1) is 5.82 Å². The fourth-order valence-electron chi connectivity index (χ4n) is 2.17. The zero-order chi connectivity index (χ0) is 13.8. The first-order chi connectivity index (χ1) is 9.33. The minimum atomic E-state index is -0.258. The Morgan fingerprint density at radius 2 is 1.68 bits per heavy atom. The molecule has 108 valence electrons. The van der Waals surface area contributed by atoms with Gasteiger partial charge in [0.25, 0.3) is 0 Å². The number of nitrogens with zero attached hydrogens (tertiary/aromatic N) is 1. The van der Waals surface area contributed by atoms with Gasteiger partial charge in [0.2, 0.25) is 0 Å². The number of halogens is 1. The summed E-state index contributed by atoms with van der Waals surface area (Å²) >= 11 is 0. The average molecular weight is 266 g/mol. The Kier molecular flexibility index (Phi) is 9.25. The van der Waals surface area contributed by atoms with Crippen molar-refractivity contribution in [2.45, 2.75) is 64.8 Å². The molecule has 0 bridgehead atoms. The van der Waals surface area contributed by atoms with Crippen molar-refractivity contribution in [2.24, 2.45) is 0 Å². The number of unbranched alkanes of at least 4 members (excludes halogenated alkanes) is 7. The van der Waals surface area contributed by atoms with E-state index in [0.29, 0.717) is 6.54 Å². The summed E-state index contributed by atoms with van der Waals surface area (Å²) in [5, 5.41) is 3.33. The molecule has 0 aromatic carbocycles. The highest BCUT2D eigenvalue weighted by molar-refractivity contribution is 5.09. The second kappa shape index (κ2) is 10.9. The smallest absolute Gasteiger partial charge is 0.141 e. The van der Waals surface area contributed by atoms with Crippen LogP contribution in [0.25, 0.3) is 0 Å². The van der Waals surface area contributed by atoms with Crippen molar-refractivity contribution in [3.63, 3.8) is 0 Å². The lowest BCUT2D eigenvalue weighted by Crippen LogP contribution is -2.14. The third-order valence-corrected chi connectivity index (χ3v) is 3.30. The van der Waals surface area contributed by atoms with Gasteiger partial charge in [0.05, 0.1) is 6.20 Å². The van der Waals surface area contributed by atoms with Gasteiger partial charge in [-0.05, 0) is 24.6 Å². The highest BCUT2D eigenvalue weighted by Gasteiger charge is 1.96. The molecule has 2 nitrogen and oxygen atoms in total. The molecule has 0 saturated heterocycles. The molecule has 0 radical (unpaired) electrons. The molecule has 3 heteroatoms. The fraction of sp³-hybridized carbons (Fsp3) is 0.688. The average Bonchev–Trinajstić information content (AvgIpc) is 2.41. The molecular weight excluding hydrogens is 239 g/mol. The van der Waals surface area contributed by atoms with Crippen LogP contribution >= 0.6 is 0 Å². The minimum Gasteiger partial charge on any atom is -0.313 e. The Balaban J connectivity index is 1.89. The van der Waals surface area contributed by atoms with Gasteiger partial charge in [-0.15, -0.1) is 0 Å². The van der Waals surface area contributed by atoms with Crippen LogP contribution in [0.1, 0.15) is 63.9 Å². The number of rotatable bonds is 11. The maximum atomic E-state index is 12.9. The normalized spacial score (nSPS) is 10.8. The standard InChI is InChI=1S/C16H27FN2/c1-2-3-4-5-6-7-8-9-10-18-12-15-11-16(17)14-19-13-15/h11,13-14,18H,2-10,12H2,1H3. The summed E-state index contributed by atoms with van der Waals surface area (Å²) in [6.07, 6.45) is 13.6. The lowest BCUT2D eigenvalue weighted by Gasteiger charge is -2.05. The van der Waals surface area contributed by atoms with E-state index in [1.165, 1.54) is 63.6 Å². The molecule has 1 N–H and O–H groups in total. The molecular formula is C16H27FN2. The topological polar surface area (TPSA) is 24.9 Å². The highest BCUT2D eigenvalue weighted by Crippen LogP contribution is 2.08. The van der Waals surface area contributed by atoms with E-state index in [2.05, 4.69) is 17.2 Å². The van der Waals surface area contributed by atoms with E-state index in [-0.39, 0.29) is 5.82 Å². The second-order valence-electron chi connectivity index (χ2n) is 5.16. The molecule has 0 aliphatic carbocycles. The first kappa shape index (κ1) is 16.1. The minimum absolute atomic E-state index is 0.258. The van der Waals surface area contributed by atoms with Crippen molar-refractivity contribution in [2.75, 3.05) is 6.54 Å². The Hall–Kier alpha value is -0.960. The van der Waals surface area contributed by atoms with E-state index < -0.39 is 0 Å². The number of aromatic nitrogens is 1. The molecule has 0 atom stereocenters. The Labute approximate surface area is 116 Å². The summed E-state index contributed by atoms with van der Waals surface area (Å²) in [6.45, 7) is 3.96. The molecule has 0 saturated carbocycles. The lowest BCUT2D eigenvalue weighted by atomic mass is 10.1. The van der Waals surface area contributed by atoms with Gasteiger partial charge < -0.3 is 5.32 Å². The Morgan fingerprint density at radius 3 is 2.37 bits per heavy atom. The Bertz CT molecular complexity index is 328. The van der Waals surface area contributed by atoms with Crippen molar-refractivity contribution in [3.8, 4) is 0 Å². The predicted molar refractivity (Wildman–Crippen MR) is 78.5 cm³/mol. The van der Waals surface area contributed by atoms with Crippen molar-refractivity contribution in [3.05, 3.63) is 29.8 Å². The Morgan fingerprint density at radius 1 is 1.00 bits per heavy atom. The molecule has 0 aliphatic heterocycles. The second-order valence-corrected chi connectivity index (χ2v) is 5.16. The molecule has 1 aromatic rings. The van der Waals surface area contributed by atoms with Gasteiger partial charge in [0.1, 0.15) is 5.82 Å². The molecule has 1 rings (SSSR count).